The standard InChI is InChI=1S/C19H19Cl2N3O2/c1-11(2)14-9-17(22-23-19(14)25)26-18-15(20)7-13(8-16(18)21)12-5-4-6-24(3)10-12/h4-5,7-11H,6H2,1-3H3,(H,23,25). The molecule has 26 heavy (non-hydrogen) atoms. The first kappa shape index (κ1) is 18.5. The van der Waals surface area contributed by atoms with Gasteiger partial charge < -0.3 is 9.64 Å². The van der Waals surface area contributed by atoms with Gasteiger partial charge in [-0.3, -0.25) is 4.79 Å². The summed E-state index contributed by atoms with van der Waals surface area (Å²) in [4.78, 5) is 13.9. The van der Waals surface area contributed by atoms with Crippen molar-refractivity contribution in [3.05, 3.63) is 68.1 Å². The van der Waals surface area contributed by atoms with Crippen molar-refractivity contribution in [2.45, 2.75) is 19.8 Å². The number of halogens is 2. The third kappa shape index (κ3) is 3.94. The second kappa shape index (κ2) is 7.56. The first-order valence-corrected chi connectivity index (χ1v) is 8.96. The minimum atomic E-state index is -0.236. The molecule has 1 aromatic heterocycles. The van der Waals surface area contributed by atoms with E-state index < -0.39 is 0 Å². The summed E-state index contributed by atoms with van der Waals surface area (Å²) < 4.78 is 5.76. The minimum Gasteiger partial charge on any atom is -0.434 e. The van der Waals surface area contributed by atoms with Crippen LogP contribution in [0.25, 0.3) is 5.57 Å². The van der Waals surface area contributed by atoms with Gasteiger partial charge in [0.15, 0.2) is 5.75 Å². The molecule has 0 spiro atoms. The van der Waals surface area contributed by atoms with E-state index in [1.165, 1.54) is 0 Å². The van der Waals surface area contributed by atoms with Crippen LogP contribution in [0.2, 0.25) is 10.0 Å². The lowest BCUT2D eigenvalue weighted by molar-refractivity contribution is 0.452. The van der Waals surface area contributed by atoms with Gasteiger partial charge >= 0.3 is 0 Å². The largest absolute Gasteiger partial charge is 0.434 e. The van der Waals surface area contributed by atoms with Crippen molar-refractivity contribution in [3.63, 3.8) is 0 Å². The Morgan fingerprint density at radius 3 is 2.54 bits per heavy atom. The number of aromatic amines is 1. The number of hydrogen-bond acceptors (Lipinski definition) is 4. The SMILES string of the molecule is CC(C)c1cc(Oc2c(Cl)cc(C3=CN(C)CC=C3)cc2Cl)n[nH]c1=O. The Balaban J connectivity index is 1.94. The molecule has 0 saturated carbocycles. The lowest BCUT2D eigenvalue weighted by Crippen LogP contribution is -2.15. The second-order valence-corrected chi connectivity index (χ2v) is 7.26. The van der Waals surface area contributed by atoms with Gasteiger partial charge in [0.1, 0.15) is 0 Å². The molecule has 0 saturated heterocycles. The lowest BCUT2D eigenvalue weighted by Gasteiger charge is -2.19. The van der Waals surface area contributed by atoms with Crippen LogP contribution in [0.3, 0.4) is 0 Å². The Morgan fingerprint density at radius 1 is 1.23 bits per heavy atom. The van der Waals surface area contributed by atoms with E-state index >= 15 is 0 Å². The first-order chi connectivity index (χ1) is 12.3. The Labute approximate surface area is 161 Å². The normalized spacial score (nSPS) is 13.9. The molecule has 2 aromatic rings. The summed E-state index contributed by atoms with van der Waals surface area (Å²) in [6, 6.07) is 5.20. The fraction of sp³-hybridized carbons (Fsp3) is 0.263. The number of allylic oxidation sites excluding steroid dienone is 2. The molecule has 5 nitrogen and oxygen atoms in total. The van der Waals surface area contributed by atoms with Gasteiger partial charge in [0.2, 0.25) is 5.88 Å². The molecule has 1 aliphatic rings. The molecule has 7 heteroatoms. The molecule has 2 heterocycles. The van der Waals surface area contributed by atoms with Crippen LogP contribution in [-0.2, 0) is 0 Å². The molecule has 0 bridgehead atoms. The van der Waals surface area contributed by atoms with Gasteiger partial charge in [0.25, 0.3) is 5.56 Å². The summed E-state index contributed by atoms with van der Waals surface area (Å²) in [5, 5.41) is 7.09. The number of nitrogens with one attached hydrogen (secondary N) is 1. The Kier molecular flexibility index (Phi) is 5.39. The van der Waals surface area contributed by atoms with Crippen molar-refractivity contribution in [1.82, 2.24) is 15.1 Å². The predicted octanol–water partition coefficient (Wildman–Crippen LogP) is 4.83. The fourth-order valence-corrected chi connectivity index (χ4v) is 3.23. The summed E-state index contributed by atoms with van der Waals surface area (Å²) in [6.45, 7) is 4.71. The zero-order chi connectivity index (χ0) is 18.8. The summed E-state index contributed by atoms with van der Waals surface area (Å²) in [7, 11) is 2.00. The number of hydrogen-bond donors (Lipinski definition) is 1. The summed E-state index contributed by atoms with van der Waals surface area (Å²) in [6.07, 6.45) is 6.13. The maximum Gasteiger partial charge on any atom is 0.267 e. The van der Waals surface area contributed by atoms with Gasteiger partial charge in [-0.2, -0.15) is 0 Å². The first-order valence-electron chi connectivity index (χ1n) is 8.20. The molecule has 0 unspecified atom stereocenters. The number of benzene rings is 1. The average Bonchev–Trinajstić information content (AvgIpc) is 2.59. The van der Waals surface area contributed by atoms with Crippen LogP contribution in [0.4, 0.5) is 0 Å². The van der Waals surface area contributed by atoms with Crippen LogP contribution < -0.4 is 10.3 Å². The smallest absolute Gasteiger partial charge is 0.267 e. The van der Waals surface area contributed by atoms with Crippen LogP contribution in [0.5, 0.6) is 11.6 Å². The van der Waals surface area contributed by atoms with Crippen molar-refractivity contribution >= 4 is 28.8 Å². The number of likely N-dealkylation sites (N-methyl/N-ethyl adjacent to an activating group) is 1. The van der Waals surface area contributed by atoms with E-state index in [9.17, 15) is 4.79 Å². The molecular formula is C19H19Cl2N3O2. The van der Waals surface area contributed by atoms with E-state index in [0.717, 1.165) is 17.7 Å². The van der Waals surface area contributed by atoms with E-state index in [1.807, 2.05) is 33.2 Å². The topological polar surface area (TPSA) is 58.2 Å². The molecule has 3 rings (SSSR count). The summed E-state index contributed by atoms with van der Waals surface area (Å²) in [5.41, 5.74) is 2.25. The molecule has 0 radical (unpaired) electrons. The van der Waals surface area contributed by atoms with E-state index in [-0.39, 0.29) is 17.4 Å². The summed E-state index contributed by atoms with van der Waals surface area (Å²) in [5.74, 6) is 0.584. The maximum absolute atomic E-state index is 11.8. The predicted molar refractivity (Wildman–Crippen MR) is 105 cm³/mol. The Bertz CT molecular complexity index is 925. The van der Waals surface area contributed by atoms with Gasteiger partial charge in [0.05, 0.1) is 10.0 Å². The summed E-state index contributed by atoms with van der Waals surface area (Å²) >= 11 is 12.8. The van der Waals surface area contributed by atoms with Crippen LogP contribution >= 0.6 is 23.2 Å². The molecule has 0 amide bonds. The van der Waals surface area contributed by atoms with Gasteiger partial charge in [0, 0.05) is 31.4 Å². The number of aromatic nitrogens is 2. The van der Waals surface area contributed by atoms with Crippen LogP contribution in [0.15, 0.2) is 41.3 Å². The van der Waals surface area contributed by atoms with E-state index in [0.29, 0.717) is 21.4 Å². The highest BCUT2D eigenvalue weighted by Gasteiger charge is 2.15. The highest BCUT2D eigenvalue weighted by molar-refractivity contribution is 6.37. The third-order valence-electron chi connectivity index (χ3n) is 4.02. The third-order valence-corrected chi connectivity index (χ3v) is 4.58. The molecule has 1 N–H and O–H groups in total. The van der Waals surface area contributed by atoms with Crippen LogP contribution in [0, 0.1) is 0 Å². The highest BCUT2D eigenvalue weighted by Crippen LogP contribution is 2.39. The molecule has 0 atom stereocenters. The Hall–Kier alpha value is -2.24. The zero-order valence-electron chi connectivity index (χ0n) is 14.7. The van der Waals surface area contributed by atoms with Crippen LogP contribution in [-0.4, -0.2) is 28.7 Å². The monoisotopic (exact) mass is 391 g/mol. The van der Waals surface area contributed by atoms with Crippen LogP contribution in [0.1, 0.15) is 30.9 Å². The quantitative estimate of drug-likeness (QED) is 0.810. The second-order valence-electron chi connectivity index (χ2n) is 6.44. The lowest BCUT2D eigenvalue weighted by atomic mass is 10.0. The number of H-pyrrole nitrogens is 1. The molecule has 1 aliphatic heterocycles. The molecule has 0 fully saturated rings. The number of rotatable bonds is 4. The van der Waals surface area contributed by atoms with Gasteiger partial charge in [-0.1, -0.05) is 49.2 Å². The highest BCUT2D eigenvalue weighted by atomic mass is 35.5. The van der Waals surface area contributed by atoms with Crippen molar-refractivity contribution in [2.75, 3.05) is 13.6 Å². The maximum atomic E-state index is 11.8. The molecule has 136 valence electrons. The number of ether oxygens (including phenoxy) is 1. The van der Waals surface area contributed by atoms with Crippen molar-refractivity contribution in [2.24, 2.45) is 0 Å². The molecule has 0 aliphatic carbocycles. The molecular weight excluding hydrogens is 373 g/mol. The van der Waals surface area contributed by atoms with Gasteiger partial charge in [-0.15, -0.1) is 5.10 Å². The fourth-order valence-electron chi connectivity index (χ4n) is 2.66. The zero-order valence-corrected chi connectivity index (χ0v) is 16.2. The van der Waals surface area contributed by atoms with Crippen molar-refractivity contribution in [1.29, 1.82) is 0 Å². The van der Waals surface area contributed by atoms with E-state index in [2.05, 4.69) is 21.2 Å². The van der Waals surface area contributed by atoms with Crippen molar-refractivity contribution in [3.8, 4) is 11.6 Å². The minimum absolute atomic E-state index is 0.0411. The van der Waals surface area contributed by atoms with Crippen molar-refractivity contribution < 1.29 is 4.74 Å². The van der Waals surface area contributed by atoms with E-state index in [4.69, 9.17) is 27.9 Å². The molecule has 1 aromatic carbocycles. The Morgan fingerprint density at radius 2 is 1.92 bits per heavy atom. The van der Waals surface area contributed by atoms with Gasteiger partial charge in [-0.25, -0.2) is 5.10 Å². The van der Waals surface area contributed by atoms with Gasteiger partial charge in [-0.05, 0) is 29.2 Å². The average molecular weight is 392 g/mol. The van der Waals surface area contributed by atoms with E-state index in [1.54, 1.807) is 18.2 Å². The number of nitrogens with zero attached hydrogens (tertiary/aromatic N) is 2.